The first-order valence-corrected chi connectivity index (χ1v) is 8.32. The third kappa shape index (κ3) is 4.45. The lowest BCUT2D eigenvalue weighted by Crippen LogP contribution is -2.34. The molecule has 0 bridgehead atoms. The Hall–Kier alpha value is 0.310. The van der Waals surface area contributed by atoms with Gasteiger partial charge in [-0.3, -0.25) is 4.55 Å². The van der Waals surface area contributed by atoms with Crippen LogP contribution in [0.5, 0.6) is 5.75 Å². The molecule has 2 unspecified atom stereocenters. The Balaban J connectivity index is 3.30. The highest BCUT2D eigenvalue weighted by Gasteiger charge is 2.26. The Bertz CT molecular complexity index is 546. The van der Waals surface area contributed by atoms with Crippen LogP contribution >= 0.6 is 45.2 Å². The molecule has 4 N–H and O–H groups in total. The first-order valence-electron chi connectivity index (χ1n) is 4.72. The molecule has 0 saturated carbocycles. The summed E-state index contributed by atoms with van der Waals surface area (Å²) in [6.07, 6.45) is -1.12. The summed E-state index contributed by atoms with van der Waals surface area (Å²) in [7, 11) is -4.48. The molecule has 0 spiro atoms. The van der Waals surface area contributed by atoms with Gasteiger partial charge in [-0.15, -0.1) is 0 Å². The maximum Gasteiger partial charge on any atom is 0.334 e. The molecule has 1 aromatic carbocycles. The van der Waals surface area contributed by atoms with Crippen molar-refractivity contribution >= 4 is 55.5 Å². The van der Waals surface area contributed by atoms with Gasteiger partial charge in [0.15, 0.2) is 0 Å². The topological polar surface area (TPSA) is 107 Å². The molecule has 0 aromatic heterocycles. The van der Waals surface area contributed by atoms with Crippen LogP contribution in [0.1, 0.15) is 18.5 Å². The summed E-state index contributed by atoms with van der Waals surface area (Å²) in [5.74, 6) is -0.127. The number of halogens is 2. The first kappa shape index (κ1) is 16.4. The molecule has 0 radical (unpaired) electrons. The number of phenolic OH excluding ortho intramolecular Hbond substituents is 1. The summed E-state index contributed by atoms with van der Waals surface area (Å²) in [5, 5.41) is 19.5. The fraction of sp³-hybridized carbons (Fsp3) is 0.333. The molecule has 18 heavy (non-hydrogen) atoms. The highest BCUT2D eigenvalue weighted by molar-refractivity contribution is 14.1. The number of hydrogen-bond acceptors (Lipinski definition) is 4. The monoisotopic (exact) mass is 499 g/mol. The highest BCUT2D eigenvalue weighted by atomic mass is 127. The van der Waals surface area contributed by atoms with Crippen LogP contribution in [0.4, 0.5) is 0 Å². The van der Waals surface area contributed by atoms with E-state index in [1.165, 1.54) is 13.0 Å². The van der Waals surface area contributed by atoms with E-state index in [-0.39, 0.29) is 11.3 Å². The lowest BCUT2D eigenvalue weighted by atomic mass is 10.0. The number of aliphatic hydroxyl groups excluding tert-OH is 1. The number of nitrogens with one attached hydrogen (secondary N) is 1. The van der Waals surface area contributed by atoms with Crippen LogP contribution < -0.4 is 4.72 Å². The molecule has 0 saturated heterocycles. The smallest absolute Gasteiger partial charge is 0.334 e. The number of rotatable bonds is 4. The van der Waals surface area contributed by atoms with Crippen molar-refractivity contribution in [1.82, 2.24) is 4.72 Å². The molecule has 2 atom stereocenters. The molecule has 1 aromatic rings. The van der Waals surface area contributed by atoms with Gasteiger partial charge < -0.3 is 10.2 Å². The zero-order valence-corrected chi connectivity index (χ0v) is 14.3. The normalized spacial score (nSPS) is 15.4. The maximum absolute atomic E-state index is 10.8. The minimum atomic E-state index is -4.48. The minimum Gasteiger partial charge on any atom is -0.506 e. The predicted molar refractivity (Wildman–Crippen MR) is 82.6 cm³/mol. The number of aromatic hydroxyl groups is 1. The van der Waals surface area contributed by atoms with E-state index in [1.54, 1.807) is 6.07 Å². The van der Waals surface area contributed by atoms with E-state index in [0.717, 1.165) is 3.57 Å². The van der Waals surface area contributed by atoms with E-state index in [0.29, 0.717) is 3.57 Å². The van der Waals surface area contributed by atoms with Crippen molar-refractivity contribution in [1.29, 1.82) is 0 Å². The van der Waals surface area contributed by atoms with Crippen LogP contribution in [-0.2, 0) is 10.3 Å². The summed E-state index contributed by atoms with van der Waals surface area (Å²) >= 11 is 3.90. The summed E-state index contributed by atoms with van der Waals surface area (Å²) in [4.78, 5) is 0. The molecule has 0 heterocycles. The van der Waals surface area contributed by atoms with Crippen LogP contribution in [0.3, 0.4) is 0 Å². The standard InChI is InChI=1S/C9H11I2NO5S/c1-4(13)8(12-18(15,16)17)6-2-5(10)3-7(11)9(6)14/h2-4,8,12-14H,1H3,(H,15,16,17). The molecule has 102 valence electrons. The number of benzene rings is 1. The van der Waals surface area contributed by atoms with E-state index in [1.807, 2.05) is 49.9 Å². The molecular weight excluding hydrogens is 488 g/mol. The fourth-order valence-electron chi connectivity index (χ4n) is 1.41. The van der Waals surface area contributed by atoms with Gasteiger partial charge in [0.05, 0.1) is 15.7 Å². The number of aliphatic hydroxyl groups is 1. The zero-order chi connectivity index (χ0) is 14.1. The Morgan fingerprint density at radius 2 is 1.89 bits per heavy atom. The molecular formula is C9H11I2NO5S. The third-order valence-electron chi connectivity index (χ3n) is 2.15. The first-order chi connectivity index (χ1) is 8.11. The molecule has 0 aliphatic carbocycles. The third-order valence-corrected chi connectivity index (χ3v) is 4.15. The second-order valence-corrected chi connectivity index (χ2v) is 7.23. The summed E-state index contributed by atoms with van der Waals surface area (Å²) in [5.41, 5.74) is 0.207. The van der Waals surface area contributed by atoms with E-state index < -0.39 is 22.4 Å². The maximum atomic E-state index is 10.8. The van der Waals surface area contributed by atoms with Crippen molar-refractivity contribution in [3.8, 4) is 5.75 Å². The zero-order valence-electron chi connectivity index (χ0n) is 9.13. The van der Waals surface area contributed by atoms with Gasteiger partial charge in [-0.25, -0.2) is 0 Å². The minimum absolute atomic E-state index is 0.127. The molecule has 0 amide bonds. The van der Waals surface area contributed by atoms with Crippen LogP contribution in [0.15, 0.2) is 12.1 Å². The average Bonchev–Trinajstić information content (AvgIpc) is 2.18. The summed E-state index contributed by atoms with van der Waals surface area (Å²) < 4.78 is 33.7. The summed E-state index contributed by atoms with van der Waals surface area (Å²) in [6, 6.07) is 2.11. The van der Waals surface area contributed by atoms with Gasteiger partial charge in [-0.05, 0) is 64.2 Å². The molecule has 6 nitrogen and oxygen atoms in total. The largest absolute Gasteiger partial charge is 0.506 e. The van der Waals surface area contributed by atoms with Crippen molar-refractivity contribution in [2.24, 2.45) is 0 Å². The Morgan fingerprint density at radius 3 is 2.33 bits per heavy atom. The van der Waals surface area contributed by atoms with Crippen molar-refractivity contribution in [3.63, 3.8) is 0 Å². The van der Waals surface area contributed by atoms with Crippen LogP contribution in [0.2, 0.25) is 0 Å². The van der Waals surface area contributed by atoms with Gasteiger partial charge >= 0.3 is 10.3 Å². The van der Waals surface area contributed by atoms with Crippen molar-refractivity contribution in [3.05, 3.63) is 24.8 Å². The van der Waals surface area contributed by atoms with Crippen LogP contribution in [0.25, 0.3) is 0 Å². The van der Waals surface area contributed by atoms with E-state index in [9.17, 15) is 18.6 Å². The van der Waals surface area contributed by atoms with Gasteiger partial charge in [-0.2, -0.15) is 13.1 Å². The molecule has 9 heteroatoms. The quantitative estimate of drug-likeness (QED) is 0.371. The highest BCUT2D eigenvalue weighted by Crippen LogP contribution is 2.33. The fourth-order valence-corrected chi connectivity index (χ4v) is 3.94. The molecule has 0 aliphatic rings. The van der Waals surface area contributed by atoms with Gasteiger partial charge in [0.2, 0.25) is 0 Å². The van der Waals surface area contributed by atoms with Crippen molar-refractivity contribution < 1.29 is 23.2 Å². The van der Waals surface area contributed by atoms with Gasteiger partial charge in [0, 0.05) is 9.13 Å². The molecule has 0 aliphatic heterocycles. The van der Waals surface area contributed by atoms with Gasteiger partial charge in [-0.1, -0.05) is 0 Å². The Labute approximate surface area is 132 Å². The van der Waals surface area contributed by atoms with Gasteiger partial charge in [0.25, 0.3) is 0 Å². The van der Waals surface area contributed by atoms with Crippen molar-refractivity contribution in [2.75, 3.05) is 0 Å². The number of phenols is 1. The Morgan fingerprint density at radius 1 is 1.33 bits per heavy atom. The second-order valence-electron chi connectivity index (χ2n) is 3.64. The summed E-state index contributed by atoms with van der Waals surface area (Å²) in [6.45, 7) is 1.36. The predicted octanol–water partition coefficient (Wildman–Crippen LogP) is 1.42. The molecule has 0 fully saturated rings. The Kier molecular flexibility index (Phi) is 5.61. The lowest BCUT2D eigenvalue weighted by molar-refractivity contribution is 0.153. The van der Waals surface area contributed by atoms with Crippen LogP contribution in [-0.4, -0.2) is 29.3 Å². The van der Waals surface area contributed by atoms with E-state index in [4.69, 9.17) is 4.55 Å². The molecule has 1 rings (SSSR count). The SMILES string of the molecule is CC(O)C(NS(=O)(=O)O)c1cc(I)cc(I)c1O. The lowest BCUT2D eigenvalue weighted by Gasteiger charge is -2.21. The average molecular weight is 499 g/mol. The van der Waals surface area contributed by atoms with Crippen molar-refractivity contribution in [2.45, 2.75) is 19.1 Å². The second kappa shape index (κ2) is 6.17. The van der Waals surface area contributed by atoms with E-state index >= 15 is 0 Å². The van der Waals surface area contributed by atoms with Gasteiger partial charge in [0.1, 0.15) is 5.75 Å². The van der Waals surface area contributed by atoms with E-state index in [2.05, 4.69) is 0 Å². The van der Waals surface area contributed by atoms with Crippen LogP contribution in [0, 0.1) is 7.14 Å². The number of hydrogen-bond donors (Lipinski definition) is 4.